The van der Waals surface area contributed by atoms with Crippen molar-refractivity contribution in [3.8, 4) is 11.5 Å². The first-order valence-corrected chi connectivity index (χ1v) is 12.3. The lowest BCUT2D eigenvalue weighted by Gasteiger charge is -2.21. The van der Waals surface area contributed by atoms with Gasteiger partial charge in [-0.1, -0.05) is 30.3 Å². The summed E-state index contributed by atoms with van der Waals surface area (Å²) in [5.41, 5.74) is 8.94. The maximum Gasteiger partial charge on any atom is 0.253 e. The minimum Gasteiger partial charge on any atom is -0.421 e. The summed E-state index contributed by atoms with van der Waals surface area (Å²) >= 11 is 0. The summed E-state index contributed by atoms with van der Waals surface area (Å²) in [4.78, 5) is 9.08. The second kappa shape index (κ2) is 11.2. The number of rotatable bonds is 5. The normalized spacial score (nSPS) is 16.7. The second-order valence-corrected chi connectivity index (χ2v) is 9.35. The van der Waals surface area contributed by atoms with Crippen LogP contribution in [0.5, 0.6) is 0 Å². The molecule has 35 heavy (non-hydrogen) atoms. The standard InChI is InChI=1S/C16H16N6O3S.C8H10O/c1-8-21-22-15(25-8)11-7-18-16(20-14(11)17)19-9-2-3-13-10(6-9)12(23)4-5-26(13)24;9-7-6-8-4-2-1-3-5-8/h2-3,6-7,12,23H,4-5H2,1H3,(H3,17,18,19,20);1-5,9H,6-7H2. The fourth-order valence-electron chi connectivity index (χ4n) is 3.51. The molecule has 0 saturated heterocycles. The molecule has 0 bridgehead atoms. The largest absolute Gasteiger partial charge is 0.421 e. The summed E-state index contributed by atoms with van der Waals surface area (Å²) in [5, 5.41) is 29.4. The molecule has 5 N–H and O–H groups in total. The van der Waals surface area contributed by atoms with E-state index < -0.39 is 16.9 Å². The highest BCUT2D eigenvalue weighted by atomic mass is 32.2. The van der Waals surface area contributed by atoms with Gasteiger partial charge >= 0.3 is 0 Å². The first kappa shape index (κ1) is 24.5. The smallest absolute Gasteiger partial charge is 0.253 e. The Bertz CT molecular complexity index is 1310. The molecule has 3 heterocycles. The van der Waals surface area contributed by atoms with Crippen LogP contribution in [0, 0.1) is 6.92 Å². The lowest BCUT2D eigenvalue weighted by Crippen LogP contribution is -2.15. The molecule has 1 aliphatic heterocycles. The van der Waals surface area contributed by atoms with Gasteiger partial charge in [-0.2, -0.15) is 4.98 Å². The molecule has 0 radical (unpaired) electrons. The van der Waals surface area contributed by atoms with E-state index in [4.69, 9.17) is 15.3 Å². The van der Waals surface area contributed by atoms with Crippen molar-refractivity contribution >= 4 is 28.3 Å². The Labute approximate surface area is 204 Å². The molecule has 2 unspecified atom stereocenters. The highest BCUT2D eigenvalue weighted by molar-refractivity contribution is 7.85. The molecule has 2 atom stereocenters. The number of fused-ring (bicyclic) bond motifs is 1. The zero-order valence-electron chi connectivity index (χ0n) is 19.1. The number of anilines is 3. The van der Waals surface area contributed by atoms with E-state index in [1.807, 2.05) is 30.3 Å². The van der Waals surface area contributed by atoms with Crippen LogP contribution in [0.3, 0.4) is 0 Å². The molecule has 1 aliphatic rings. The molecule has 2 aromatic heterocycles. The zero-order valence-corrected chi connectivity index (χ0v) is 19.9. The molecule has 4 aromatic rings. The SMILES string of the molecule is Cc1nnc(-c2cnc(Nc3ccc4c(c3)C(O)CCS4=O)nc2N)o1.OCCc1ccccc1. The number of hydrogen-bond acceptors (Lipinski definition) is 10. The number of nitrogens with zero attached hydrogens (tertiary/aromatic N) is 4. The van der Waals surface area contributed by atoms with E-state index in [0.717, 1.165) is 6.42 Å². The van der Waals surface area contributed by atoms with Crippen LogP contribution >= 0.6 is 0 Å². The average molecular weight is 495 g/mol. The fourth-order valence-corrected chi connectivity index (χ4v) is 4.84. The van der Waals surface area contributed by atoms with Gasteiger partial charge in [0, 0.05) is 36.1 Å². The van der Waals surface area contributed by atoms with Crippen molar-refractivity contribution in [2.45, 2.75) is 30.8 Å². The van der Waals surface area contributed by atoms with Gasteiger partial charge < -0.3 is 25.7 Å². The Kier molecular flexibility index (Phi) is 7.80. The molecule has 2 aromatic carbocycles. The summed E-state index contributed by atoms with van der Waals surface area (Å²) in [5.74, 6) is 1.63. The Morgan fingerprint density at radius 1 is 1.20 bits per heavy atom. The van der Waals surface area contributed by atoms with Gasteiger partial charge in [0.05, 0.1) is 22.5 Å². The number of nitrogens with one attached hydrogen (secondary N) is 1. The number of aryl methyl sites for hydroxylation is 1. The maximum atomic E-state index is 12.0. The van der Waals surface area contributed by atoms with E-state index in [0.29, 0.717) is 39.8 Å². The third kappa shape index (κ3) is 6.07. The number of benzene rings is 2. The van der Waals surface area contributed by atoms with Crippen molar-refractivity contribution in [3.63, 3.8) is 0 Å². The van der Waals surface area contributed by atoms with Crippen molar-refractivity contribution in [2.24, 2.45) is 0 Å². The van der Waals surface area contributed by atoms with Gasteiger partial charge in [-0.3, -0.25) is 4.21 Å². The summed E-state index contributed by atoms with van der Waals surface area (Å²) < 4.78 is 17.4. The molecule has 0 amide bonds. The Hall–Kier alpha value is -3.67. The van der Waals surface area contributed by atoms with Crippen LogP contribution in [-0.2, 0) is 17.2 Å². The minimum atomic E-state index is -1.08. The van der Waals surface area contributed by atoms with Crippen LogP contribution in [0.2, 0.25) is 0 Å². The van der Waals surface area contributed by atoms with Gasteiger partial charge in [0.15, 0.2) is 0 Å². The van der Waals surface area contributed by atoms with Crippen LogP contribution < -0.4 is 11.1 Å². The van der Waals surface area contributed by atoms with Gasteiger partial charge in [0.25, 0.3) is 5.89 Å². The molecule has 10 nitrogen and oxygen atoms in total. The second-order valence-electron chi connectivity index (χ2n) is 7.81. The number of nitrogen functional groups attached to an aromatic ring is 1. The first-order valence-electron chi connectivity index (χ1n) is 11.0. The Morgan fingerprint density at radius 2 is 2.00 bits per heavy atom. The van der Waals surface area contributed by atoms with E-state index in [2.05, 4.69) is 25.5 Å². The van der Waals surface area contributed by atoms with Crippen molar-refractivity contribution in [2.75, 3.05) is 23.4 Å². The summed E-state index contributed by atoms with van der Waals surface area (Å²) in [7, 11) is -1.08. The van der Waals surface area contributed by atoms with E-state index in [1.54, 1.807) is 25.1 Å². The molecule has 0 saturated carbocycles. The number of nitrogens with two attached hydrogens (primary N) is 1. The molecule has 0 aliphatic carbocycles. The van der Waals surface area contributed by atoms with E-state index in [9.17, 15) is 9.32 Å². The van der Waals surface area contributed by atoms with Crippen molar-refractivity contribution < 1.29 is 18.8 Å². The van der Waals surface area contributed by atoms with Gasteiger partial charge in [-0.25, -0.2) is 4.98 Å². The first-order chi connectivity index (χ1) is 16.9. The molecule has 11 heteroatoms. The highest BCUT2D eigenvalue weighted by Crippen LogP contribution is 2.33. The maximum absolute atomic E-state index is 12.0. The van der Waals surface area contributed by atoms with Gasteiger partial charge in [0.1, 0.15) is 5.82 Å². The summed E-state index contributed by atoms with van der Waals surface area (Å²) in [6.07, 6.45) is 2.12. The minimum absolute atomic E-state index is 0.199. The number of aromatic nitrogens is 4. The van der Waals surface area contributed by atoms with Crippen molar-refractivity contribution in [3.05, 3.63) is 71.7 Å². The molecular formula is C24H26N6O4S. The predicted octanol–water partition coefficient (Wildman–Crippen LogP) is 2.93. The van der Waals surface area contributed by atoms with Crippen LogP contribution in [0.4, 0.5) is 17.5 Å². The average Bonchev–Trinajstić information content (AvgIpc) is 3.29. The molecule has 182 valence electrons. The number of aliphatic hydroxyl groups excluding tert-OH is 2. The third-order valence-corrected chi connectivity index (χ3v) is 6.73. The molecule has 5 rings (SSSR count). The van der Waals surface area contributed by atoms with Crippen LogP contribution in [0.1, 0.15) is 29.5 Å². The van der Waals surface area contributed by atoms with Crippen LogP contribution in [0.15, 0.2) is 64.0 Å². The summed E-state index contributed by atoms with van der Waals surface area (Å²) in [6.45, 7) is 1.92. The third-order valence-electron chi connectivity index (χ3n) is 5.26. The molecular weight excluding hydrogens is 468 g/mol. The lowest BCUT2D eigenvalue weighted by molar-refractivity contribution is 0.169. The van der Waals surface area contributed by atoms with E-state index in [1.165, 1.54) is 11.8 Å². The topological polar surface area (TPSA) is 160 Å². The van der Waals surface area contributed by atoms with Gasteiger partial charge in [-0.05, 0) is 42.2 Å². The predicted molar refractivity (Wildman–Crippen MR) is 132 cm³/mol. The highest BCUT2D eigenvalue weighted by Gasteiger charge is 2.23. The lowest BCUT2D eigenvalue weighted by atomic mass is 10.1. The number of aliphatic hydroxyl groups is 2. The molecule has 0 spiro atoms. The Balaban J connectivity index is 0.000000271. The van der Waals surface area contributed by atoms with Crippen LogP contribution in [0.25, 0.3) is 11.5 Å². The van der Waals surface area contributed by atoms with E-state index in [-0.39, 0.29) is 24.3 Å². The quantitative estimate of drug-likeness (QED) is 0.325. The molecule has 0 fully saturated rings. The van der Waals surface area contributed by atoms with Gasteiger partial charge in [0.2, 0.25) is 11.8 Å². The van der Waals surface area contributed by atoms with E-state index >= 15 is 0 Å². The monoisotopic (exact) mass is 494 g/mol. The fraction of sp³-hybridized carbons (Fsp3) is 0.250. The number of hydrogen-bond donors (Lipinski definition) is 4. The van der Waals surface area contributed by atoms with Crippen LogP contribution in [-0.4, -0.2) is 46.9 Å². The zero-order chi connectivity index (χ0) is 24.8. The van der Waals surface area contributed by atoms with Crippen molar-refractivity contribution in [1.82, 2.24) is 20.2 Å². The Morgan fingerprint density at radius 3 is 2.69 bits per heavy atom. The van der Waals surface area contributed by atoms with Gasteiger partial charge in [-0.15, -0.1) is 10.2 Å². The van der Waals surface area contributed by atoms with Crippen molar-refractivity contribution in [1.29, 1.82) is 0 Å². The summed E-state index contributed by atoms with van der Waals surface area (Å²) in [6, 6.07) is 15.2.